The molecule has 0 amide bonds. The van der Waals surface area contributed by atoms with Crippen molar-refractivity contribution in [3.05, 3.63) is 5.82 Å². The molecule has 12 heavy (non-hydrogen) atoms. The fourth-order valence-electron chi connectivity index (χ4n) is 0.828. The molecule has 0 aliphatic heterocycles. The van der Waals surface area contributed by atoms with Crippen LogP contribution in [-0.2, 0) is 13.5 Å². The summed E-state index contributed by atoms with van der Waals surface area (Å²) >= 11 is 0. The largest absolute Gasteiger partial charge is 0.392 e. The first kappa shape index (κ1) is 9.12. The molecule has 0 aliphatic carbocycles. The lowest BCUT2D eigenvalue weighted by Gasteiger charge is -2.10. The Balaban J connectivity index is 2.52. The van der Waals surface area contributed by atoms with Crippen LogP contribution in [0.3, 0.4) is 0 Å². The number of rotatable bonds is 3. The monoisotopic (exact) mass is 170 g/mol. The van der Waals surface area contributed by atoms with Crippen molar-refractivity contribution in [3.63, 3.8) is 0 Å². The second-order valence-electron chi connectivity index (χ2n) is 3.21. The molecule has 0 saturated carbocycles. The van der Waals surface area contributed by atoms with Crippen molar-refractivity contribution in [2.24, 2.45) is 13.0 Å². The van der Waals surface area contributed by atoms with Crippen molar-refractivity contribution >= 4 is 0 Å². The second kappa shape index (κ2) is 3.62. The molecule has 5 heteroatoms. The summed E-state index contributed by atoms with van der Waals surface area (Å²) in [5, 5.41) is 20.9. The third-order valence-corrected chi connectivity index (χ3v) is 1.71. The van der Waals surface area contributed by atoms with Crippen LogP contribution in [0.4, 0.5) is 0 Å². The van der Waals surface area contributed by atoms with Crippen molar-refractivity contribution in [2.45, 2.75) is 26.4 Å². The SMILES string of the molecule is CC(C)C(O)Cc1nnn(C)n1. The molecule has 1 heterocycles. The molecule has 0 aliphatic rings. The summed E-state index contributed by atoms with van der Waals surface area (Å²) in [4.78, 5) is 1.39. The minimum absolute atomic E-state index is 0.230. The fraction of sp³-hybridized carbons (Fsp3) is 0.857. The number of tetrazole rings is 1. The average molecular weight is 170 g/mol. The maximum atomic E-state index is 9.47. The fourth-order valence-corrected chi connectivity index (χ4v) is 0.828. The maximum Gasteiger partial charge on any atom is 0.177 e. The lowest BCUT2D eigenvalue weighted by atomic mass is 10.0. The smallest absolute Gasteiger partial charge is 0.177 e. The van der Waals surface area contributed by atoms with Gasteiger partial charge in [-0.05, 0) is 11.1 Å². The van der Waals surface area contributed by atoms with Crippen molar-refractivity contribution in [3.8, 4) is 0 Å². The van der Waals surface area contributed by atoms with Crippen molar-refractivity contribution in [1.29, 1.82) is 0 Å². The minimum Gasteiger partial charge on any atom is -0.392 e. The van der Waals surface area contributed by atoms with Crippen LogP contribution in [0.5, 0.6) is 0 Å². The molecule has 1 rings (SSSR count). The van der Waals surface area contributed by atoms with Gasteiger partial charge in [0.15, 0.2) is 5.82 Å². The molecule has 0 saturated heterocycles. The lowest BCUT2D eigenvalue weighted by Crippen LogP contribution is -2.18. The highest BCUT2D eigenvalue weighted by Crippen LogP contribution is 2.05. The zero-order chi connectivity index (χ0) is 9.14. The van der Waals surface area contributed by atoms with Crippen LogP contribution in [0.2, 0.25) is 0 Å². The van der Waals surface area contributed by atoms with Crippen molar-refractivity contribution in [1.82, 2.24) is 20.2 Å². The molecule has 1 atom stereocenters. The van der Waals surface area contributed by atoms with Gasteiger partial charge in [-0.15, -0.1) is 10.2 Å². The summed E-state index contributed by atoms with van der Waals surface area (Å²) in [5.41, 5.74) is 0. The molecule has 1 unspecified atom stereocenters. The molecule has 0 radical (unpaired) electrons. The first-order valence-electron chi connectivity index (χ1n) is 4.00. The van der Waals surface area contributed by atoms with Crippen LogP contribution in [0, 0.1) is 5.92 Å². The molecule has 1 aromatic heterocycles. The topological polar surface area (TPSA) is 63.8 Å². The van der Waals surface area contributed by atoms with E-state index in [0.29, 0.717) is 12.2 Å². The second-order valence-corrected chi connectivity index (χ2v) is 3.21. The molecular weight excluding hydrogens is 156 g/mol. The van der Waals surface area contributed by atoms with Gasteiger partial charge in [0.05, 0.1) is 13.2 Å². The lowest BCUT2D eigenvalue weighted by molar-refractivity contribution is 0.123. The van der Waals surface area contributed by atoms with Crippen LogP contribution >= 0.6 is 0 Å². The molecule has 5 nitrogen and oxygen atoms in total. The molecule has 0 aromatic carbocycles. The van der Waals surface area contributed by atoms with Gasteiger partial charge in [0.1, 0.15) is 0 Å². The number of nitrogens with zero attached hydrogens (tertiary/aromatic N) is 4. The van der Waals surface area contributed by atoms with Gasteiger partial charge >= 0.3 is 0 Å². The number of aliphatic hydroxyl groups excluding tert-OH is 1. The van der Waals surface area contributed by atoms with E-state index in [1.807, 2.05) is 13.8 Å². The van der Waals surface area contributed by atoms with E-state index in [1.165, 1.54) is 4.80 Å². The van der Waals surface area contributed by atoms with Crippen LogP contribution in [0.15, 0.2) is 0 Å². The maximum absolute atomic E-state index is 9.47. The van der Waals surface area contributed by atoms with E-state index in [2.05, 4.69) is 15.4 Å². The van der Waals surface area contributed by atoms with Gasteiger partial charge in [0.2, 0.25) is 0 Å². The summed E-state index contributed by atoms with van der Waals surface area (Å²) in [6, 6.07) is 0. The van der Waals surface area contributed by atoms with Crippen LogP contribution in [0.1, 0.15) is 19.7 Å². The molecule has 1 aromatic rings. The highest BCUT2D eigenvalue weighted by atomic mass is 16.3. The molecule has 1 N–H and O–H groups in total. The van der Waals surface area contributed by atoms with Gasteiger partial charge in [-0.1, -0.05) is 13.8 Å². The van der Waals surface area contributed by atoms with Gasteiger partial charge in [-0.25, -0.2) is 0 Å². The Morgan fingerprint density at radius 1 is 1.50 bits per heavy atom. The molecule has 0 spiro atoms. The summed E-state index contributed by atoms with van der Waals surface area (Å²) in [5.74, 6) is 0.826. The van der Waals surface area contributed by atoms with Gasteiger partial charge in [0, 0.05) is 6.42 Å². The van der Waals surface area contributed by atoms with Crippen LogP contribution < -0.4 is 0 Å². The summed E-state index contributed by atoms with van der Waals surface area (Å²) in [6.07, 6.45) is 0.0973. The van der Waals surface area contributed by atoms with Crippen molar-refractivity contribution < 1.29 is 5.11 Å². The molecule has 0 fully saturated rings. The normalized spacial score (nSPS) is 13.8. The van der Waals surface area contributed by atoms with Gasteiger partial charge < -0.3 is 5.11 Å². The number of hydrogen-bond acceptors (Lipinski definition) is 4. The summed E-state index contributed by atoms with van der Waals surface area (Å²) in [6.45, 7) is 3.92. The van der Waals surface area contributed by atoms with Gasteiger partial charge in [0.25, 0.3) is 0 Å². The van der Waals surface area contributed by atoms with E-state index in [0.717, 1.165) is 0 Å². The van der Waals surface area contributed by atoms with E-state index >= 15 is 0 Å². The summed E-state index contributed by atoms with van der Waals surface area (Å²) in [7, 11) is 1.71. The zero-order valence-electron chi connectivity index (χ0n) is 7.60. The van der Waals surface area contributed by atoms with Gasteiger partial charge in [-0.3, -0.25) is 0 Å². The highest BCUT2D eigenvalue weighted by Gasteiger charge is 2.12. The summed E-state index contributed by atoms with van der Waals surface area (Å²) < 4.78 is 0. The predicted molar refractivity (Wildman–Crippen MR) is 43.3 cm³/mol. The Kier molecular flexibility index (Phi) is 2.75. The Morgan fingerprint density at radius 3 is 2.58 bits per heavy atom. The average Bonchev–Trinajstić information content (AvgIpc) is 2.35. The van der Waals surface area contributed by atoms with Gasteiger partial charge in [-0.2, -0.15) is 4.80 Å². The standard InChI is InChI=1S/C7H14N4O/c1-5(2)6(12)4-7-8-10-11(3)9-7/h5-6,12H,4H2,1-3H3. The van der Waals surface area contributed by atoms with Crippen molar-refractivity contribution in [2.75, 3.05) is 0 Å². The van der Waals surface area contributed by atoms with Crippen LogP contribution in [-0.4, -0.2) is 31.4 Å². The number of aryl methyl sites for hydroxylation is 1. The first-order valence-corrected chi connectivity index (χ1v) is 4.00. The number of aliphatic hydroxyl groups is 1. The number of hydrogen-bond donors (Lipinski definition) is 1. The Hall–Kier alpha value is -0.970. The van der Waals surface area contributed by atoms with E-state index in [-0.39, 0.29) is 12.0 Å². The van der Waals surface area contributed by atoms with Crippen LogP contribution in [0.25, 0.3) is 0 Å². The molecule has 0 bridgehead atoms. The number of aromatic nitrogens is 4. The third kappa shape index (κ3) is 2.27. The Labute approximate surface area is 71.4 Å². The van der Waals surface area contributed by atoms with E-state index in [4.69, 9.17) is 0 Å². The predicted octanol–water partition coefficient (Wildman–Crippen LogP) is -0.231. The quantitative estimate of drug-likeness (QED) is 0.680. The minimum atomic E-state index is -0.380. The van der Waals surface area contributed by atoms with E-state index < -0.39 is 0 Å². The van der Waals surface area contributed by atoms with E-state index in [1.54, 1.807) is 7.05 Å². The molecule has 68 valence electrons. The third-order valence-electron chi connectivity index (χ3n) is 1.71. The first-order chi connectivity index (χ1) is 5.59. The Bertz CT molecular complexity index is 245. The Morgan fingerprint density at radius 2 is 2.17 bits per heavy atom. The molecular formula is C7H14N4O. The highest BCUT2D eigenvalue weighted by molar-refractivity contribution is 4.81. The van der Waals surface area contributed by atoms with E-state index in [9.17, 15) is 5.11 Å². The zero-order valence-corrected chi connectivity index (χ0v) is 7.60.